The van der Waals surface area contributed by atoms with E-state index in [2.05, 4.69) is 37.2 Å². The van der Waals surface area contributed by atoms with E-state index in [0.29, 0.717) is 18.7 Å². The van der Waals surface area contributed by atoms with Gasteiger partial charge in [0.2, 0.25) is 23.6 Å². The van der Waals surface area contributed by atoms with Crippen molar-refractivity contribution in [1.29, 1.82) is 0 Å². The Kier molecular flexibility index (Phi) is 14.3. The van der Waals surface area contributed by atoms with Crippen LogP contribution in [0.3, 0.4) is 0 Å². The molecular formula is C24H35BrN4O6. The molecule has 4 amide bonds. The van der Waals surface area contributed by atoms with E-state index in [9.17, 15) is 24.0 Å². The highest BCUT2D eigenvalue weighted by molar-refractivity contribution is 9.09. The van der Waals surface area contributed by atoms with Gasteiger partial charge < -0.3 is 26.0 Å². The normalized spacial score (nSPS) is 11.3. The van der Waals surface area contributed by atoms with Gasteiger partial charge in [-0.2, -0.15) is 0 Å². The zero-order valence-corrected chi connectivity index (χ0v) is 22.0. The molecule has 0 fully saturated rings. The van der Waals surface area contributed by atoms with E-state index in [-0.39, 0.29) is 48.6 Å². The third-order valence-corrected chi connectivity index (χ3v) is 5.40. The van der Waals surface area contributed by atoms with Crippen LogP contribution in [-0.2, 0) is 35.3 Å². The molecule has 0 aliphatic carbocycles. The number of hydrogen-bond acceptors (Lipinski definition) is 6. The van der Waals surface area contributed by atoms with E-state index in [0.717, 1.165) is 18.4 Å². The van der Waals surface area contributed by atoms with Crippen molar-refractivity contribution >= 4 is 51.2 Å². The molecule has 35 heavy (non-hydrogen) atoms. The third kappa shape index (κ3) is 13.5. The standard InChI is InChI=1S/C24H35BrN4O6/c1-16(2)23(29-20(31)7-5-4-6-12-26-21(32)13-25)24(34)27-14-22(33)28-19-10-8-18(9-11-19)15-35-17(3)30/h8-11,16,23H,4-7,12-15H2,1-3H3,(H,26,32)(H,27,34)(H,28,33)(H,29,31). The van der Waals surface area contributed by atoms with Gasteiger partial charge in [0.1, 0.15) is 12.6 Å². The second-order valence-corrected chi connectivity index (χ2v) is 8.89. The fourth-order valence-electron chi connectivity index (χ4n) is 2.99. The minimum atomic E-state index is -0.755. The van der Waals surface area contributed by atoms with Crippen molar-refractivity contribution in [3.8, 4) is 0 Å². The number of anilines is 1. The van der Waals surface area contributed by atoms with Gasteiger partial charge in [-0.05, 0) is 36.5 Å². The van der Waals surface area contributed by atoms with Crippen molar-refractivity contribution in [2.45, 2.75) is 59.1 Å². The second kappa shape index (κ2) is 16.6. The molecule has 1 unspecified atom stereocenters. The summed E-state index contributed by atoms with van der Waals surface area (Å²) in [7, 11) is 0. The van der Waals surface area contributed by atoms with Crippen LogP contribution in [0.5, 0.6) is 0 Å². The topological polar surface area (TPSA) is 143 Å². The number of unbranched alkanes of at least 4 members (excludes halogenated alkanes) is 2. The largest absolute Gasteiger partial charge is 0.461 e. The molecule has 0 spiro atoms. The molecule has 1 atom stereocenters. The van der Waals surface area contributed by atoms with Crippen molar-refractivity contribution in [2.75, 3.05) is 23.7 Å². The van der Waals surface area contributed by atoms with Crippen molar-refractivity contribution in [3.63, 3.8) is 0 Å². The molecule has 0 aromatic heterocycles. The molecule has 194 valence electrons. The number of alkyl halides is 1. The first kappa shape index (κ1) is 30.1. The molecule has 0 aliphatic heterocycles. The summed E-state index contributed by atoms with van der Waals surface area (Å²) in [5.74, 6) is -1.68. The summed E-state index contributed by atoms with van der Waals surface area (Å²) < 4.78 is 4.91. The molecule has 0 radical (unpaired) electrons. The van der Waals surface area contributed by atoms with Crippen LogP contribution in [0.25, 0.3) is 0 Å². The Bertz CT molecular complexity index is 860. The summed E-state index contributed by atoms with van der Waals surface area (Å²) in [4.78, 5) is 59.0. The van der Waals surface area contributed by atoms with E-state index in [4.69, 9.17) is 4.74 Å². The number of rotatable bonds is 15. The van der Waals surface area contributed by atoms with Gasteiger partial charge in [-0.3, -0.25) is 24.0 Å². The Morgan fingerprint density at radius 2 is 1.60 bits per heavy atom. The van der Waals surface area contributed by atoms with Crippen LogP contribution in [0, 0.1) is 5.92 Å². The van der Waals surface area contributed by atoms with Gasteiger partial charge >= 0.3 is 5.97 Å². The van der Waals surface area contributed by atoms with Gasteiger partial charge in [-0.1, -0.05) is 48.3 Å². The second-order valence-electron chi connectivity index (χ2n) is 8.33. The molecular weight excluding hydrogens is 520 g/mol. The number of esters is 1. The first-order valence-electron chi connectivity index (χ1n) is 11.5. The lowest BCUT2D eigenvalue weighted by Gasteiger charge is -2.21. The highest BCUT2D eigenvalue weighted by atomic mass is 79.9. The SMILES string of the molecule is CC(=O)OCc1ccc(NC(=O)CNC(=O)C(NC(=O)CCCCCNC(=O)CBr)C(C)C)cc1. The number of benzene rings is 1. The molecule has 0 saturated heterocycles. The fraction of sp³-hybridized carbons (Fsp3) is 0.542. The van der Waals surface area contributed by atoms with E-state index in [1.807, 2.05) is 13.8 Å². The minimum Gasteiger partial charge on any atom is -0.461 e. The molecule has 1 aromatic rings. The molecule has 0 bridgehead atoms. The first-order chi connectivity index (χ1) is 16.6. The first-order valence-corrected chi connectivity index (χ1v) is 12.7. The van der Waals surface area contributed by atoms with E-state index >= 15 is 0 Å². The lowest BCUT2D eigenvalue weighted by atomic mass is 10.0. The quantitative estimate of drug-likeness (QED) is 0.148. The van der Waals surface area contributed by atoms with Gasteiger partial charge in [0.25, 0.3) is 0 Å². The minimum absolute atomic E-state index is 0.0728. The maximum atomic E-state index is 12.6. The maximum Gasteiger partial charge on any atom is 0.302 e. The van der Waals surface area contributed by atoms with Crippen molar-refractivity contribution < 1.29 is 28.7 Å². The Morgan fingerprint density at radius 3 is 2.20 bits per heavy atom. The third-order valence-electron chi connectivity index (χ3n) is 4.89. The summed E-state index contributed by atoms with van der Waals surface area (Å²) in [6.07, 6.45) is 2.46. The van der Waals surface area contributed by atoms with Gasteiger partial charge in [-0.25, -0.2) is 0 Å². The van der Waals surface area contributed by atoms with Crippen LogP contribution in [0.15, 0.2) is 24.3 Å². The van der Waals surface area contributed by atoms with Gasteiger partial charge in [0, 0.05) is 25.6 Å². The van der Waals surface area contributed by atoms with Crippen molar-refractivity contribution in [2.24, 2.45) is 5.92 Å². The lowest BCUT2D eigenvalue weighted by Crippen LogP contribution is -2.51. The summed E-state index contributed by atoms with van der Waals surface area (Å²) in [6, 6.07) is 6.03. The number of ether oxygens (including phenoxy) is 1. The summed E-state index contributed by atoms with van der Waals surface area (Å²) in [5, 5.41) is 11.0. The Balaban J connectivity index is 2.38. The number of carbonyl (C=O) groups excluding carboxylic acids is 5. The number of nitrogens with one attached hydrogen (secondary N) is 4. The average molecular weight is 555 g/mol. The van der Waals surface area contributed by atoms with E-state index in [1.54, 1.807) is 24.3 Å². The molecule has 0 saturated carbocycles. The van der Waals surface area contributed by atoms with Crippen molar-refractivity contribution in [1.82, 2.24) is 16.0 Å². The fourth-order valence-corrected chi connectivity index (χ4v) is 3.19. The van der Waals surface area contributed by atoms with Crippen LogP contribution in [0.1, 0.15) is 52.0 Å². The number of hydrogen-bond donors (Lipinski definition) is 4. The molecule has 0 aliphatic rings. The Hall–Kier alpha value is -2.95. The van der Waals surface area contributed by atoms with E-state index in [1.165, 1.54) is 6.92 Å². The molecule has 10 nitrogen and oxygen atoms in total. The lowest BCUT2D eigenvalue weighted by molar-refractivity contribution is -0.142. The summed E-state index contributed by atoms with van der Waals surface area (Å²) in [6.45, 7) is 5.42. The molecule has 1 aromatic carbocycles. The van der Waals surface area contributed by atoms with Gasteiger partial charge in [0.05, 0.1) is 11.9 Å². The predicted molar refractivity (Wildman–Crippen MR) is 136 cm³/mol. The van der Waals surface area contributed by atoms with E-state index < -0.39 is 17.9 Å². The summed E-state index contributed by atoms with van der Waals surface area (Å²) in [5.41, 5.74) is 1.32. The van der Waals surface area contributed by atoms with Crippen LogP contribution in [0.2, 0.25) is 0 Å². The molecule has 4 N–H and O–H groups in total. The van der Waals surface area contributed by atoms with Crippen LogP contribution in [-0.4, -0.2) is 54.1 Å². The molecule has 0 heterocycles. The zero-order chi connectivity index (χ0) is 26.2. The highest BCUT2D eigenvalue weighted by Gasteiger charge is 2.24. The maximum absolute atomic E-state index is 12.6. The Labute approximate surface area is 214 Å². The molecule has 11 heteroatoms. The van der Waals surface area contributed by atoms with Crippen LogP contribution in [0.4, 0.5) is 5.69 Å². The molecule has 1 rings (SSSR count). The van der Waals surface area contributed by atoms with Crippen molar-refractivity contribution in [3.05, 3.63) is 29.8 Å². The Morgan fingerprint density at radius 1 is 0.914 bits per heavy atom. The van der Waals surface area contributed by atoms with Crippen LogP contribution >= 0.6 is 15.9 Å². The number of halogens is 1. The summed E-state index contributed by atoms with van der Waals surface area (Å²) >= 11 is 3.07. The van der Waals surface area contributed by atoms with Crippen LogP contribution < -0.4 is 21.3 Å². The predicted octanol–water partition coefficient (Wildman–Crippen LogP) is 2.02. The zero-order valence-electron chi connectivity index (χ0n) is 20.4. The highest BCUT2D eigenvalue weighted by Crippen LogP contribution is 2.10. The number of amides is 4. The monoisotopic (exact) mass is 554 g/mol. The smallest absolute Gasteiger partial charge is 0.302 e. The number of carbonyl (C=O) groups is 5. The van der Waals surface area contributed by atoms with Gasteiger partial charge in [0.15, 0.2) is 0 Å². The van der Waals surface area contributed by atoms with Gasteiger partial charge in [-0.15, -0.1) is 0 Å². The average Bonchev–Trinajstić information content (AvgIpc) is 2.82.